The molecule has 39 heavy (non-hydrogen) atoms. The van der Waals surface area contributed by atoms with Gasteiger partial charge in [-0.25, -0.2) is 13.8 Å². The number of ether oxygens (including phenoxy) is 1. The molecule has 0 saturated carbocycles. The molecular weight excluding hydrogens is 508 g/mol. The lowest BCUT2D eigenvalue weighted by Crippen LogP contribution is -2.29. The Morgan fingerprint density at radius 2 is 1.69 bits per heavy atom. The molecule has 11 heteroatoms. The maximum Gasteiger partial charge on any atom is 0.268 e. The summed E-state index contributed by atoms with van der Waals surface area (Å²) in [6.07, 6.45) is 3.17. The van der Waals surface area contributed by atoms with Crippen LogP contribution in [0.25, 0.3) is 11.3 Å². The lowest BCUT2D eigenvalue weighted by atomic mass is 10.2. The van der Waals surface area contributed by atoms with E-state index in [1.54, 1.807) is 41.9 Å². The topological polar surface area (TPSA) is 107 Å². The van der Waals surface area contributed by atoms with Gasteiger partial charge in [-0.3, -0.25) is 19.0 Å². The number of rotatable bonds is 6. The molecule has 2 aromatic carbocycles. The third-order valence-corrected chi connectivity index (χ3v) is 5.75. The molecule has 3 aromatic heterocycles. The highest BCUT2D eigenvalue weighted by molar-refractivity contribution is 6.04. The van der Waals surface area contributed by atoms with E-state index in [0.717, 1.165) is 6.07 Å². The van der Waals surface area contributed by atoms with Crippen LogP contribution in [-0.4, -0.2) is 25.8 Å². The second-order valence-electron chi connectivity index (χ2n) is 8.64. The van der Waals surface area contributed by atoms with Crippen molar-refractivity contribution in [2.24, 2.45) is 0 Å². The van der Waals surface area contributed by atoms with Crippen molar-refractivity contribution in [1.82, 2.24) is 14.0 Å². The first-order valence-electron chi connectivity index (χ1n) is 11.7. The van der Waals surface area contributed by atoms with E-state index < -0.39 is 23.1 Å². The molecule has 196 valence electrons. The minimum Gasteiger partial charge on any atom is -0.453 e. The first kappa shape index (κ1) is 25.3. The van der Waals surface area contributed by atoms with Crippen molar-refractivity contribution in [3.05, 3.63) is 112 Å². The van der Waals surface area contributed by atoms with Crippen molar-refractivity contribution in [3.8, 4) is 17.2 Å². The van der Waals surface area contributed by atoms with Crippen molar-refractivity contribution >= 4 is 29.0 Å². The van der Waals surface area contributed by atoms with Crippen LogP contribution in [0.15, 0.2) is 83.9 Å². The van der Waals surface area contributed by atoms with E-state index in [9.17, 15) is 23.2 Å². The van der Waals surface area contributed by atoms with E-state index in [1.807, 2.05) is 0 Å². The van der Waals surface area contributed by atoms with Gasteiger partial charge >= 0.3 is 0 Å². The Morgan fingerprint density at radius 3 is 2.41 bits per heavy atom. The minimum absolute atomic E-state index is 0.0939. The molecule has 9 nitrogen and oxygen atoms in total. The molecule has 0 radical (unpaired) electrons. The van der Waals surface area contributed by atoms with E-state index in [1.165, 1.54) is 54.0 Å². The van der Waals surface area contributed by atoms with Gasteiger partial charge in [0.1, 0.15) is 22.8 Å². The summed E-state index contributed by atoms with van der Waals surface area (Å²) in [6, 6.07) is 15.4. The summed E-state index contributed by atoms with van der Waals surface area (Å²) in [5, 5.41) is 5.11. The van der Waals surface area contributed by atoms with Crippen LogP contribution in [0.5, 0.6) is 11.5 Å². The zero-order valence-corrected chi connectivity index (χ0v) is 20.7. The number of anilines is 2. The van der Waals surface area contributed by atoms with Crippen molar-refractivity contribution < 1.29 is 23.1 Å². The fourth-order valence-electron chi connectivity index (χ4n) is 3.97. The Kier molecular flexibility index (Phi) is 6.63. The van der Waals surface area contributed by atoms with Crippen LogP contribution < -0.4 is 20.9 Å². The summed E-state index contributed by atoms with van der Waals surface area (Å²) in [7, 11) is 0. The SMILES string of the molecule is CC(=O)Nc1cn2cc(Oc3ccc(NC(=O)c4ccc(C)n(-c5ccc(F)cc5)c4=O)cc3F)ccc2n1. The molecule has 0 fully saturated rings. The first-order chi connectivity index (χ1) is 18.7. The molecule has 0 atom stereocenters. The van der Waals surface area contributed by atoms with Crippen molar-refractivity contribution in [2.75, 3.05) is 10.6 Å². The van der Waals surface area contributed by atoms with Crippen LogP contribution in [0.2, 0.25) is 0 Å². The standard InChI is InChI=1S/C28H21F2N5O4/c1-16-3-10-22(28(38)35(16)20-7-4-18(29)5-8-20)27(37)32-19-6-11-24(23(30)13-19)39-21-9-12-26-33-25(31-17(2)36)15-34(26)14-21/h3-15H,1-2H3,(H,31,36)(H,32,37). The molecule has 5 aromatic rings. The molecule has 0 aliphatic carbocycles. The quantitative estimate of drug-likeness (QED) is 0.319. The summed E-state index contributed by atoms with van der Waals surface area (Å²) in [5.74, 6) is -1.61. The Hall–Kier alpha value is -5.32. The second-order valence-corrected chi connectivity index (χ2v) is 8.64. The van der Waals surface area contributed by atoms with Gasteiger partial charge in [0.2, 0.25) is 5.91 Å². The van der Waals surface area contributed by atoms with Crippen molar-refractivity contribution in [1.29, 1.82) is 0 Å². The predicted molar refractivity (Wildman–Crippen MR) is 141 cm³/mol. The van der Waals surface area contributed by atoms with Gasteiger partial charge in [0, 0.05) is 30.1 Å². The van der Waals surface area contributed by atoms with Crippen LogP contribution in [0.3, 0.4) is 0 Å². The number of carbonyl (C=O) groups is 2. The highest BCUT2D eigenvalue weighted by atomic mass is 19.1. The highest BCUT2D eigenvalue weighted by Gasteiger charge is 2.16. The fraction of sp³-hybridized carbons (Fsp3) is 0.0714. The Labute approximate surface area is 220 Å². The van der Waals surface area contributed by atoms with E-state index >= 15 is 0 Å². The van der Waals surface area contributed by atoms with Crippen LogP contribution >= 0.6 is 0 Å². The second kappa shape index (κ2) is 10.2. The lowest BCUT2D eigenvalue weighted by molar-refractivity contribution is -0.114. The van der Waals surface area contributed by atoms with Gasteiger partial charge in [-0.05, 0) is 67.6 Å². The number of imidazole rings is 1. The molecule has 0 aliphatic heterocycles. The average Bonchev–Trinajstić information content (AvgIpc) is 3.27. The number of amides is 2. The summed E-state index contributed by atoms with van der Waals surface area (Å²) in [4.78, 5) is 41.4. The molecule has 0 saturated heterocycles. The Balaban J connectivity index is 1.34. The third-order valence-electron chi connectivity index (χ3n) is 5.75. The number of halogens is 2. The molecule has 0 aliphatic rings. The maximum atomic E-state index is 14.9. The van der Waals surface area contributed by atoms with Gasteiger partial charge in [-0.15, -0.1) is 0 Å². The fourth-order valence-corrected chi connectivity index (χ4v) is 3.97. The zero-order chi connectivity index (χ0) is 27.7. The number of carbonyl (C=O) groups excluding carboxylic acids is 2. The van der Waals surface area contributed by atoms with Crippen LogP contribution in [0.1, 0.15) is 23.0 Å². The predicted octanol–water partition coefficient (Wildman–Crippen LogP) is 5.07. The Morgan fingerprint density at radius 1 is 0.923 bits per heavy atom. The number of aryl methyl sites for hydroxylation is 1. The van der Waals surface area contributed by atoms with E-state index in [0.29, 0.717) is 28.6 Å². The molecule has 2 N–H and O–H groups in total. The number of nitrogens with one attached hydrogen (secondary N) is 2. The normalized spacial score (nSPS) is 10.9. The van der Waals surface area contributed by atoms with Gasteiger partial charge in [0.15, 0.2) is 17.4 Å². The number of aromatic nitrogens is 3. The molecule has 3 heterocycles. The molecule has 0 spiro atoms. The molecule has 0 unspecified atom stereocenters. The minimum atomic E-state index is -0.745. The number of benzene rings is 2. The zero-order valence-electron chi connectivity index (χ0n) is 20.7. The molecular formula is C28H21F2N5O4. The number of pyridine rings is 2. The third kappa shape index (κ3) is 5.37. The van der Waals surface area contributed by atoms with Crippen LogP contribution in [0, 0.1) is 18.6 Å². The average molecular weight is 530 g/mol. The van der Waals surface area contributed by atoms with E-state index in [2.05, 4.69) is 15.6 Å². The summed E-state index contributed by atoms with van der Waals surface area (Å²) < 4.78 is 36.8. The number of nitrogens with zero attached hydrogens (tertiary/aromatic N) is 3. The number of fused-ring (bicyclic) bond motifs is 1. The summed E-state index contributed by atoms with van der Waals surface area (Å²) in [6.45, 7) is 3.06. The smallest absolute Gasteiger partial charge is 0.268 e. The number of hydrogen-bond acceptors (Lipinski definition) is 5. The Bertz CT molecular complexity index is 1790. The van der Waals surface area contributed by atoms with E-state index in [4.69, 9.17) is 4.74 Å². The molecule has 0 bridgehead atoms. The lowest BCUT2D eigenvalue weighted by Gasteiger charge is -2.13. The summed E-state index contributed by atoms with van der Waals surface area (Å²) >= 11 is 0. The molecule has 2 amide bonds. The van der Waals surface area contributed by atoms with Gasteiger partial charge in [-0.2, -0.15) is 0 Å². The monoisotopic (exact) mass is 529 g/mol. The maximum absolute atomic E-state index is 14.9. The first-order valence-corrected chi connectivity index (χ1v) is 11.7. The van der Waals surface area contributed by atoms with Crippen LogP contribution in [0.4, 0.5) is 20.3 Å². The van der Waals surface area contributed by atoms with Gasteiger partial charge < -0.3 is 19.8 Å². The van der Waals surface area contributed by atoms with Crippen molar-refractivity contribution in [2.45, 2.75) is 13.8 Å². The van der Waals surface area contributed by atoms with Crippen LogP contribution in [-0.2, 0) is 4.79 Å². The highest BCUT2D eigenvalue weighted by Crippen LogP contribution is 2.27. The largest absolute Gasteiger partial charge is 0.453 e. The van der Waals surface area contributed by atoms with Gasteiger partial charge in [0.05, 0.1) is 12.4 Å². The van der Waals surface area contributed by atoms with Gasteiger partial charge in [0.25, 0.3) is 11.5 Å². The van der Waals surface area contributed by atoms with E-state index in [-0.39, 0.29) is 22.9 Å². The van der Waals surface area contributed by atoms with Crippen molar-refractivity contribution in [3.63, 3.8) is 0 Å². The molecule has 5 rings (SSSR count). The van der Waals surface area contributed by atoms with Gasteiger partial charge in [-0.1, -0.05) is 0 Å². The summed E-state index contributed by atoms with van der Waals surface area (Å²) in [5.41, 5.74) is 0.855. The number of hydrogen-bond donors (Lipinski definition) is 2.